The monoisotopic (exact) mass is 163 g/mol. The molecule has 62 valence electrons. The van der Waals surface area contributed by atoms with Crippen LogP contribution >= 0.6 is 0 Å². The van der Waals surface area contributed by atoms with E-state index in [1.807, 2.05) is 0 Å². The maximum Gasteiger partial charge on any atom is 0.264 e. The molecule has 3 nitrogen and oxygen atoms in total. The quantitative estimate of drug-likeness (QED) is 0.718. The Kier molecular flexibility index (Phi) is 2.53. The molecule has 5 heteroatoms. The van der Waals surface area contributed by atoms with Crippen LogP contribution in [0.25, 0.3) is 0 Å². The Balaban J connectivity index is 2.43. The fourth-order valence-electron chi connectivity index (χ4n) is 0.638. The standard InChI is InChI=1S/C6H7F2NO2/c7-6(8)5(10)1-4-2-9-3-11-4/h2-3,5-6,10H,1H2. The van der Waals surface area contributed by atoms with Crippen LogP contribution in [0.5, 0.6) is 0 Å². The number of aliphatic hydroxyl groups excluding tert-OH is 1. The molecular weight excluding hydrogens is 156 g/mol. The molecule has 0 aromatic carbocycles. The summed E-state index contributed by atoms with van der Waals surface area (Å²) >= 11 is 0. The van der Waals surface area contributed by atoms with Gasteiger partial charge < -0.3 is 9.52 Å². The van der Waals surface area contributed by atoms with Crippen molar-refractivity contribution in [2.24, 2.45) is 0 Å². The molecule has 0 spiro atoms. The average Bonchev–Trinajstić information content (AvgIpc) is 2.39. The van der Waals surface area contributed by atoms with Gasteiger partial charge in [-0.05, 0) is 0 Å². The van der Waals surface area contributed by atoms with Gasteiger partial charge in [0.1, 0.15) is 11.9 Å². The van der Waals surface area contributed by atoms with Crippen molar-refractivity contribution in [3.8, 4) is 0 Å². The summed E-state index contributed by atoms with van der Waals surface area (Å²) in [6.45, 7) is 0. The van der Waals surface area contributed by atoms with Gasteiger partial charge in [-0.2, -0.15) is 0 Å². The number of aliphatic hydroxyl groups is 1. The number of halogens is 2. The molecule has 0 amide bonds. The van der Waals surface area contributed by atoms with Gasteiger partial charge in [-0.25, -0.2) is 13.8 Å². The van der Waals surface area contributed by atoms with Crippen molar-refractivity contribution in [2.75, 3.05) is 0 Å². The number of alkyl halides is 2. The molecule has 0 saturated heterocycles. The van der Waals surface area contributed by atoms with Crippen LogP contribution in [-0.4, -0.2) is 22.6 Å². The Hall–Kier alpha value is -0.970. The van der Waals surface area contributed by atoms with Gasteiger partial charge in [-0.1, -0.05) is 0 Å². The molecule has 1 rings (SSSR count). The molecule has 0 fully saturated rings. The van der Waals surface area contributed by atoms with E-state index in [-0.39, 0.29) is 12.2 Å². The first-order chi connectivity index (χ1) is 5.20. The number of rotatable bonds is 3. The number of aromatic nitrogens is 1. The van der Waals surface area contributed by atoms with Crippen LogP contribution in [0.2, 0.25) is 0 Å². The van der Waals surface area contributed by atoms with Gasteiger partial charge in [0.2, 0.25) is 0 Å². The Morgan fingerprint density at radius 3 is 2.82 bits per heavy atom. The second kappa shape index (κ2) is 3.43. The summed E-state index contributed by atoms with van der Waals surface area (Å²) in [6, 6.07) is 0. The lowest BCUT2D eigenvalue weighted by atomic mass is 10.2. The molecule has 0 aliphatic carbocycles. The van der Waals surface area contributed by atoms with Crippen molar-refractivity contribution in [1.29, 1.82) is 0 Å². The van der Waals surface area contributed by atoms with Gasteiger partial charge in [0.05, 0.1) is 6.20 Å². The van der Waals surface area contributed by atoms with E-state index in [4.69, 9.17) is 5.11 Å². The molecule has 1 heterocycles. The van der Waals surface area contributed by atoms with Crippen LogP contribution in [0.1, 0.15) is 5.76 Å². The van der Waals surface area contributed by atoms with Gasteiger partial charge in [0, 0.05) is 6.42 Å². The van der Waals surface area contributed by atoms with E-state index in [9.17, 15) is 8.78 Å². The molecule has 1 atom stereocenters. The van der Waals surface area contributed by atoms with Gasteiger partial charge in [0.25, 0.3) is 6.43 Å². The Morgan fingerprint density at radius 1 is 1.64 bits per heavy atom. The molecular formula is C6H7F2NO2. The van der Waals surface area contributed by atoms with Gasteiger partial charge in [0.15, 0.2) is 6.39 Å². The van der Waals surface area contributed by atoms with Crippen LogP contribution < -0.4 is 0 Å². The summed E-state index contributed by atoms with van der Waals surface area (Å²) in [5, 5.41) is 8.66. The number of oxazole rings is 1. The summed E-state index contributed by atoms with van der Waals surface area (Å²) in [5.41, 5.74) is 0. The molecule has 0 bridgehead atoms. The zero-order chi connectivity index (χ0) is 8.27. The highest BCUT2D eigenvalue weighted by molar-refractivity contribution is 4.90. The first kappa shape index (κ1) is 8.13. The third-order valence-corrected chi connectivity index (χ3v) is 1.18. The summed E-state index contributed by atoms with van der Waals surface area (Å²) < 4.78 is 28.1. The highest BCUT2D eigenvalue weighted by atomic mass is 19.3. The largest absolute Gasteiger partial charge is 0.448 e. The zero-order valence-electron chi connectivity index (χ0n) is 5.58. The molecule has 11 heavy (non-hydrogen) atoms. The molecule has 1 N–H and O–H groups in total. The summed E-state index contributed by atoms with van der Waals surface area (Å²) in [6.07, 6.45) is -2.17. The number of nitrogens with zero attached hydrogens (tertiary/aromatic N) is 1. The zero-order valence-corrected chi connectivity index (χ0v) is 5.58. The van der Waals surface area contributed by atoms with Gasteiger partial charge in [-0.3, -0.25) is 0 Å². The molecule has 1 aromatic heterocycles. The maximum atomic E-state index is 11.7. The van der Waals surface area contributed by atoms with Crippen molar-refractivity contribution >= 4 is 0 Å². The molecule has 0 aliphatic rings. The minimum atomic E-state index is -2.74. The van der Waals surface area contributed by atoms with E-state index in [0.717, 1.165) is 6.39 Å². The molecule has 0 aliphatic heterocycles. The second-order valence-electron chi connectivity index (χ2n) is 2.07. The van der Waals surface area contributed by atoms with Crippen LogP contribution in [-0.2, 0) is 6.42 Å². The molecule has 0 radical (unpaired) electrons. The van der Waals surface area contributed by atoms with Crippen LogP contribution in [0, 0.1) is 0 Å². The first-order valence-corrected chi connectivity index (χ1v) is 3.03. The Labute approximate surface area is 61.7 Å². The van der Waals surface area contributed by atoms with E-state index in [1.165, 1.54) is 6.20 Å². The minimum absolute atomic E-state index is 0.197. The van der Waals surface area contributed by atoms with E-state index in [2.05, 4.69) is 9.40 Å². The predicted octanol–water partition coefficient (Wildman–Crippen LogP) is 0.843. The predicted molar refractivity (Wildman–Crippen MR) is 32.2 cm³/mol. The van der Waals surface area contributed by atoms with Crippen LogP contribution in [0.15, 0.2) is 17.0 Å². The summed E-state index contributed by atoms with van der Waals surface area (Å²) in [5.74, 6) is 0.262. The van der Waals surface area contributed by atoms with Gasteiger partial charge in [-0.15, -0.1) is 0 Å². The normalized spacial score (nSPS) is 13.8. The topological polar surface area (TPSA) is 46.3 Å². The van der Waals surface area contributed by atoms with Crippen molar-refractivity contribution < 1.29 is 18.3 Å². The van der Waals surface area contributed by atoms with Crippen molar-refractivity contribution in [3.05, 3.63) is 18.4 Å². The van der Waals surface area contributed by atoms with Crippen LogP contribution in [0.3, 0.4) is 0 Å². The van der Waals surface area contributed by atoms with Crippen LogP contribution in [0.4, 0.5) is 8.78 Å². The highest BCUT2D eigenvalue weighted by Gasteiger charge is 2.18. The fourth-order valence-corrected chi connectivity index (χ4v) is 0.638. The average molecular weight is 163 g/mol. The van der Waals surface area contributed by atoms with E-state index >= 15 is 0 Å². The number of hydrogen-bond donors (Lipinski definition) is 1. The fraction of sp³-hybridized carbons (Fsp3) is 0.500. The van der Waals surface area contributed by atoms with E-state index in [1.54, 1.807) is 0 Å². The SMILES string of the molecule is OC(Cc1cnco1)C(F)F. The molecule has 0 saturated carbocycles. The third kappa shape index (κ3) is 2.27. The van der Waals surface area contributed by atoms with Gasteiger partial charge >= 0.3 is 0 Å². The second-order valence-corrected chi connectivity index (χ2v) is 2.07. The highest BCUT2D eigenvalue weighted by Crippen LogP contribution is 2.08. The Bertz CT molecular complexity index is 200. The lowest BCUT2D eigenvalue weighted by molar-refractivity contribution is -0.00621. The van der Waals surface area contributed by atoms with Crippen molar-refractivity contribution in [2.45, 2.75) is 19.0 Å². The van der Waals surface area contributed by atoms with Crippen molar-refractivity contribution in [3.63, 3.8) is 0 Å². The van der Waals surface area contributed by atoms with E-state index in [0.29, 0.717) is 0 Å². The lowest BCUT2D eigenvalue weighted by Crippen LogP contribution is -2.19. The summed E-state index contributed by atoms with van der Waals surface area (Å²) in [7, 11) is 0. The molecule has 1 aromatic rings. The van der Waals surface area contributed by atoms with E-state index < -0.39 is 12.5 Å². The van der Waals surface area contributed by atoms with Crippen molar-refractivity contribution in [1.82, 2.24) is 4.98 Å². The minimum Gasteiger partial charge on any atom is -0.448 e. The maximum absolute atomic E-state index is 11.7. The smallest absolute Gasteiger partial charge is 0.264 e. The lowest BCUT2D eigenvalue weighted by Gasteiger charge is -2.05. The first-order valence-electron chi connectivity index (χ1n) is 3.03. The number of hydrogen-bond acceptors (Lipinski definition) is 3. The third-order valence-electron chi connectivity index (χ3n) is 1.18. The molecule has 1 unspecified atom stereocenters. The Morgan fingerprint density at radius 2 is 2.36 bits per heavy atom. The summed E-state index contributed by atoms with van der Waals surface area (Å²) in [4.78, 5) is 3.51.